The molecule has 0 aliphatic heterocycles. The first-order chi connectivity index (χ1) is 8.87. The highest BCUT2D eigenvalue weighted by atomic mass is 16.6. The van der Waals surface area contributed by atoms with Crippen LogP contribution in [0.4, 0.5) is 0 Å². The first-order valence-corrected chi connectivity index (χ1v) is 7.75. The quantitative estimate of drug-likeness (QED) is 0.568. The zero-order valence-corrected chi connectivity index (χ0v) is 12.4. The van der Waals surface area contributed by atoms with Crippen molar-refractivity contribution in [1.82, 2.24) is 0 Å². The van der Waals surface area contributed by atoms with Crippen LogP contribution < -0.4 is 0 Å². The average molecular weight is 262 g/mol. The Labute approximate surface area is 116 Å². The predicted octanol–water partition coefficient (Wildman–Crippen LogP) is 3.96. The van der Waals surface area contributed by atoms with Gasteiger partial charge in [-0.25, -0.2) is 4.79 Å². The van der Waals surface area contributed by atoms with Crippen molar-refractivity contribution in [3.8, 4) is 0 Å². The van der Waals surface area contributed by atoms with Crippen LogP contribution in [-0.4, -0.2) is 11.6 Å². The second kappa shape index (κ2) is 4.36. The lowest BCUT2D eigenvalue weighted by Gasteiger charge is -2.58. The Morgan fingerprint density at radius 2 is 1.53 bits per heavy atom. The topological polar surface area (TPSA) is 26.3 Å². The summed E-state index contributed by atoms with van der Waals surface area (Å²) in [7, 11) is 0. The van der Waals surface area contributed by atoms with Crippen molar-refractivity contribution in [3.05, 3.63) is 12.2 Å². The number of ether oxygens (including phenoxy) is 1. The largest absolute Gasteiger partial charge is 0.456 e. The first kappa shape index (κ1) is 13.2. The molecule has 0 aromatic heterocycles. The van der Waals surface area contributed by atoms with Gasteiger partial charge in [-0.1, -0.05) is 6.58 Å². The molecule has 0 aromatic carbocycles. The van der Waals surface area contributed by atoms with Crippen molar-refractivity contribution in [2.75, 3.05) is 0 Å². The van der Waals surface area contributed by atoms with Crippen LogP contribution in [0, 0.1) is 29.6 Å². The van der Waals surface area contributed by atoms with Crippen LogP contribution in [0.3, 0.4) is 0 Å². The normalized spacial score (nSPS) is 40.3. The molecule has 0 unspecified atom stereocenters. The summed E-state index contributed by atoms with van der Waals surface area (Å²) >= 11 is 0. The molecule has 4 rings (SSSR count). The molecule has 2 nitrogen and oxygen atoms in total. The molecule has 0 N–H and O–H groups in total. The minimum atomic E-state index is -0.335. The Bertz CT molecular complexity index is 379. The molecule has 0 aromatic rings. The zero-order chi connectivity index (χ0) is 13.8. The number of carbonyl (C=O) groups is 1. The second-order valence-electron chi connectivity index (χ2n) is 7.73. The molecule has 0 atom stereocenters. The van der Waals surface area contributed by atoms with Crippen molar-refractivity contribution >= 4 is 5.97 Å². The fourth-order valence-corrected chi connectivity index (χ4v) is 5.45. The molecule has 0 amide bonds. The van der Waals surface area contributed by atoms with Crippen LogP contribution in [0.2, 0.25) is 0 Å². The van der Waals surface area contributed by atoms with Gasteiger partial charge < -0.3 is 4.74 Å². The Hall–Kier alpha value is -0.790. The van der Waals surface area contributed by atoms with E-state index in [1.54, 1.807) is 6.92 Å². The predicted molar refractivity (Wildman–Crippen MR) is 75.5 cm³/mol. The maximum absolute atomic E-state index is 11.9. The molecule has 0 heterocycles. The van der Waals surface area contributed by atoms with Gasteiger partial charge in [-0.2, -0.15) is 0 Å². The highest BCUT2D eigenvalue weighted by Crippen LogP contribution is 2.59. The monoisotopic (exact) mass is 262 g/mol. The molecule has 2 heteroatoms. The van der Waals surface area contributed by atoms with E-state index in [1.807, 2.05) is 0 Å². The molecule has 4 fully saturated rings. The van der Waals surface area contributed by atoms with Crippen LogP contribution in [0.1, 0.15) is 52.9 Å². The van der Waals surface area contributed by atoms with Gasteiger partial charge >= 0.3 is 5.97 Å². The minimum Gasteiger partial charge on any atom is -0.456 e. The van der Waals surface area contributed by atoms with Gasteiger partial charge in [0, 0.05) is 11.5 Å². The van der Waals surface area contributed by atoms with Gasteiger partial charge in [0.1, 0.15) is 5.60 Å². The third-order valence-corrected chi connectivity index (χ3v) is 5.73. The average Bonchev–Trinajstić information content (AvgIpc) is 2.25. The van der Waals surface area contributed by atoms with E-state index < -0.39 is 0 Å². The van der Waals surface area contributed by atoms with Gasteiger partial charge in [0.2, 0.25) is 0 Å². The number of rotatable bonds is 3. The second-order valence-corrected chi connectivity index (χ2v) is 7.73. The molecule has 106 valence electrons. The first-order valence-electron chi connectivity index (χ1n) is 7.75. The van der Waals surface area contributed by atoms with E-state index in [-0.39, 0.29) is 11.6 Å². The van der Waals surface area contributed by atoms with Crippen molar-refractivity contribution in [2.24, 2.45) is 29.6 Å². The lowest BCUT2D eigenvalue weighted by atomic mass is 9.49. The summed E-state index contributed by atoms with van der Waals surface area (Å²) < 4.78 is 5.79. The van der Waals surface area contributed by atoms with Gasteiger partial charge in [0.15, 0.2) is 0 Å². The summed E-state index contributed by atoms with van der Waals surface area (Å²) in [6, 6.07) is 0. The number of carbonyl (C=O) groups excluding carboxylic acids is 1. The van der Waals surface area contributed by atoms with E-state index in [0.29, 0.717) is 11.5 Å². The van der Waals surface area contributed by atoms with Gasteiger partial charge in [-0.3, -0.25) is 0 Å². The SMILES string of the molecule is C=C(C)C(=O)OC(C)(C)C1C2CC3CC(C2)CC1C3. The molecule has 4 bridgehead atoms. The Balaban J connectivity index is 1.77. The van der Waals surface area contributed by atoms with Crippen LogP contribution in [0.5, 0.6) is 0 Å². The van der Waals surface area contributed by atoms with Gasteiger partial charge in [0.05, 0.1) is 0 Å². The number of hydrogen-bond donors (Lipinski definition) is 0. The summed E-state index contributed by atoms with van der Waals surface area (Å²) in [5.41, 5.74) is 0.176. The van der Waals surface area contributed by atoms with E-state index in [4.69, 9.17) is 4.74 Å². The highest BCUT2D eigenvalue weighted by molar-refractivity contribution is 5.87. The summed E-state index contributed by atoms with van der Waals surface area (Å²) in [6.07, 6.45) is 6.93. The summed E-state index contributed by atoms with van der Waals surface area (Å²) in [4.78, 5) is 11.9. The summed E-state index contributed by atoms with van der Waals surface area (Å²) in [5, 5.41) is 0. The van der Waals surface area contributed by atoms with Crippen molar-refractivity contribution in [3.63, 3.8) is 0 Å². The standard InChI is InChI=1S/C17H26O2/c1-10(2)16(18)19-17(3,4)15-13-6-11-5-12(8-13)9-14(15)7-11/h11-15H,1,5-9H2,2-4H3. The Kier molecular flexibility index (Phi) is 3.03. The van der Waals surface area contributed by atoms with E-state index >= 15 is 0 Å². The molecule has 0 saturated heterocycles. The Morgan fingerprint density at radius 3 is 1.95 bits per heavy atom. The lowest BCUT2D eigenvalue weighted by Crippen LogP contribution is -2.54. The summed E-state index contributed by atoms with van der Waals surface area (Å²) in [6.45, 7) is 9.66. The minimum absolute atomic E-state index is 0.223. The van der Waals surface area contributed by atoms with Crippen molar-refractivity contribution in [2.45, 2.75) is 58.5 Å². The third kappa shape index (κ3) is 2.23. The molecule has 0 spiro atoms. The highest BCUT2D eigenvalue weighted by Gasteiger charge is 2.54. The van der Waals surface area contributed by atoms with E-state index in [9.17, 15) is 4.79 Å². The molecular weight excluding hydrogens is 236 g/mol. The van der Waals surface area contributed by atoms with Gasteiger partial charge in [0.25, 0.3) is 0 Å². The van der Waals surface area contributed by atoms with Crippen LogP contribution in [-0.2, 0) is 9.53 Å². The number of esters is 1. The van der Waals surface area contributed by atoms with Crippen LogP contribution in [0.25, 0.3) is 0 Å². The van der Waals surface area contributed by atoms with Crippen LogP contribution in [0.15, 0.2) is 12.2 Å². The van der Waals surface area contributed by atoms with Crippen molar-refractivity contribution in [1.29, 1.82) is 0 Å². The van der Waals surface area contributed by atoms with E-state index in [0.717, 1.165) is 23.7 Å². The molecular formula is C17H26O2. The van der Waals surface area contributed by atoms with Gasteiger partial charge in [-0.05, 0) is 76.5 Å². The van der Waals surface area contributed by atoms with Crippen LogP contribution >= 0.6 is 0 Å². The maximum atomic E-state index is 11.9. The Morgan fingerprint density at radius 1 is 1.05 bits per heavy atom. The molecule has 19 heavy (non-hydrogen) atoms. The van der Waals surface area contributed by atoms with Crippen molar-refractivity contribution < 1.29 is 9.53 Å². The van der Waals surface area contributed by atoms with Gasteiger partial charge in [-0.15, -0.1) is 0 Å². The fraction of sp³-hybridized carbons (Fsp3) is 0.824. The third-order valence-electron chi connectivity index (χ3n) is 5.73. The fourth-order valence-electron chi connectivity index (χ4n) is 5.45. The molecule has 4 saturated carbocycles. The lowest BCUT2D eigenvalue weighted by molar-refractivity contribution is -0.176. The number of hydrogen-bond acceptors (Lipinski definition) is 2. The molecule has 4 aliphatic rings. The molecule has 0 radical (unpaired) electrons. The molecule has 4 aliphatic carbocycles. The van der Waals surface area contributed by atoms with E-state index in [2.05, 4.69) is 20.4 Å². The summed E-state index contributed by atoms with van der Waals surface area (Å²) in [5.74, 6) is 3.83. The smallest absolute Gasteiger partial charge is 0.333 e. The zero-order valence-electron chi connectivity index (χ0n) is 12.4. The maximum Gasteiger partial charge on any atom is 0.333 e. The van der Waals surface area contributed by atoms with E-state index in [1.165, 1.54) is 32.1 Å².